The zero-order chi connectivity index (χ0) is 18.9. The van der Waals surface area contributed by atoms with Crippen LogP contribution in [0.25, 0.3) is 0 Å². The molecular weight excluding hydrogens is 469 g/mol. The molecule has 6 nitrogen and oxygen atoms in total. The third-order valence-electron chi connectivity index (χ3n) is 4.87. The van der Waals surface area contributed by atoms with Crippen LogP contribution < -0.4 is 15.4 Å². The Labute approximate surface area is 185 Å². The molecule has 0 aromatic heterocycles. The lowest BCUT2D eigenvalue weighted by molar-refractivity contribution is 0.140. The highest BCUT2D eigenvalue weighted by atomic mass is 127. The Morgan fingerprint density at radius 2 is 2.14 bits per heavy atom. The summed E-state index contributed by atoms with van der Waals surface area (Å²) >= 11 is 0. The number of hydrogen-bond donors (Lipinski definition) is 2. The lowest BCUT2D eigenvalue weighted by atomic mass is 10.1. The Bertz CT molecular complexity index is 673. The molecule has 0 aliphatic carbocycles. The number of guanidine groups is 1. The second-order valence-corrected chi connectivity index (χ2v) is 7.00. The normalized spacial score (nSPS) is 19.6. The minimum Gasteiger partial charge on any atom is -0.488 e. The maximum atomic E-state index is 6.17. The molecule has 3 rings (SSSR count). The SMILES string of the molecule is CN=C(NCCC1=CCOCC1)NCc1ccc(C)cc1OC1CCOC1.I. The number of aliphatic imine (C=N–C) groups is 1. The van der Waals surface area contributed by atoms with E-state index in [4.69, 9.17) is 14.2 Å². The van der Waals surface area contributed by atoms with E-state index in [0.29, 0.717) is 13.2 Å². The van der Waals surface area contributed by atoms with Crippen LogP contribution in [-0.4, -0.2) is 52.1 Å². The molecule has 0 radical (unpaired) electrons. The lowest BCUT2D eigenvalue weighted by Gasteiger charge is -2.18. The minimum atomic E-state index is 0. The summed E-state index contributed by atoms with van der Waals surface area (Å²) in [5.41, 5.74) is 3.78. The predicted molar refractivity (Wildman–Crippen MR) is 123 cm³/mol. The largest absolute Gasteiger partial charge is 0.488 e. The number of ether oxygens (including phenoxy) is 3. The van der Waals surface area contributed by atoms with Crippen molar-refractivity contribution in [2.75, 3.05) is 40.0 Å². The fourth-order valence-corrected chi connectivity index (χ4v) is 3.24. The highest BCUT2D eigenvalue weighted by Crippen LogP contribution is 2.23. The Balaban J connectivity index is 0.00000280. The van der Waals surface area contributed by atoms with Crippen molar-refractivity contribution in [2.45, 2.75) is 38.8 Å². The molecule has 1 aromatic carbocycles. The van der Waals surface area contributed by atoms with E-state index >= 15 is 0 Å². The highest BCUT2D eigenvalue weighted by Gasteiger charge is 2.18. The van der Waals surface area contributed by atoms with Crippen molar-refractivity contribution in [3.8, 4) is 5.75 Å². The molecule has 1 atom stereocenters. The molecule has 2 heterocycles. The van der Waals surface area contributed by atoms with E-state index in [-0.39, 0.29) is 30.1 Å². The maximum Gasteiger partial charge on any atom is 0.191 e. The summed E-state index contributed by atoms with van der Waals surface area (Å²) in [6.45, 7) is 6.64. The molecule has 28 heavy (non-hydrogen) atoms. The molecule has 1 unspecified atom stereocenters. The van der Waals surface area contributed by atoms with E-state index in [0.717, 1.165) is 62.9 Å². The number of nitrogens with zero attached hydrogens (tertiary/aromatic N) is 1. The van der Waals surface area contributed by atoms with Crippen LogP contribution in [0, 0.1) is 6.92 Å². The summed E-state index contributed by atoms with van der Waals surface area (Å²) in [5, 5.41) is 6.78. The molecule has 2 aliphatic heterocycles. The van der Waals surface area contributed by atoms with Gasteiger partial charge in [-0.3, -0.25) is 4.99 Å². The molecule has 1 saturated heterocycles. The number of hydrogen-bond acceptors (Lipinski definition) is 4. The minimum absolute atomic E-state index is 0. The fraction of sp³-hybridized carbons (Fsp3) is 0.571. The van der Waals surface area contributed by atoms with E-state index in [9.17, 15) is 0 Å². The molecule has 0 bridgehead atoms. The second-order valence-electron chi connectivity index (χ2n) is 7.00. The highest BCUT2D eigenvalue weighted by molar-refractivity contribution is 14.0. The first-order valence-electron chi connectivity index (χ1n) is 9.78. The summed E-state index contributed by atoms with van der Waals surface area (Å²) in [4.78, 5) is 4.33. The van der Waals surface area contributed by atoms with Crippen molar-refractivity contribution in [1.82, 2.24) is 10.6 Å². The molecule has 7 heteroatoms. The number of nitrogens with one attached hydrogen (secondary N) is 2. The van der Waals surface area contributed by atoms with Crippen molar-refractivity contribution < 1.29 is 14.2 Å². The van der Waals surface area contributed by atoms with Crippen molar-refractivity contribution in [1.29, 1.82) is 0 Å². The van der Waals surface area contributed by atoms with Crippen LogP contribution in [0.15, 0.2) is 34.8 Å². The molecule has 0 saturated carbocycles. The van der Waals surface area contributed by atoms with Crippen molar-refractivity contribution in [2.24, 2.45) is 4.99 Å². The average Bonchev–Trinajstić information content (AvgIpc) is 3.19. The van der Waals surface area contributed by atoms with Gasteiger partial charge in [-0.15, -0.1) is 24.0 Å². The van der Waals surface area contributed by atoms with E-state index in [1.807, 2.05) is 0 Å². The summed E-state index contributed by atoms with van der Waals surface area (Å²) in [5.74, 6) is 1.74. The first-order chi connectivity index (χ1) is 13.2. The monoisotopic (exact) mass is 501 g/mol. The molecule has 1 aromatic rings. The van der Waals surface area contributed by atoms with Gasteiger partial charge in [0.15, 0.2) is 5.96 Å². The smallest absolute Gasteiger partial charge is 0.191 e. The maximum absolute atomic E-state index is 6.17. The van der Waals surface area contributed by atoms with Crippen LogP contribution in [0.1, 0.15) is 30.4 Å². The first-order valence-corrected chi connectivity index (χ1v) is 9.78. The van der Waals surface area contributed by atoms with Crippen LogP contribution in [-0.2, 0) is 16.0 Å². The van der Waals surface area contributed by atoms with E-state index < -0.39 is 0 Å². The van der Waals surface area contributed by atoms with Gasteiger partial charge >= 0.3 is 0 Å². The third-order valence-corrected chi connectivity index (χ3v) is 4.87. The van der Waals surface area contributed by atoms with Crippen molar-refractivity contribution >= 4 is 29.9 Å². The number of benzene rings is 1. The van der Waals surface area contributed by atoms with Gasteiger partial charge in [-0.25, -0.2) is 0 Å². The van der Waals surface area contributed by atoms with Gasteiger partial charge in [0.05, 0.1) is 26.4 Å². The molecule has 0 spiro atoms. The van der Waals surface area contributed by atoms with Crippen molar-refractivity contribution in [3.63, 3.8) is 0 Å². The van der Waals surface area contributed by atoms with Crippen LogP contribution in [0.3, 0.4) is 0 Å². The molecule has 0 amide bonds. The van der Waals surface area contributed by atoms with Crippen LogP contribution >= 0.6 is 24.0 Å². The molecular formula is C21H32IN3O3. The zero-order valence-electron chi connectivity index (χ0n) is 16.8. The Kier molecular flexibility index (Phi) is 10.1. The van der Waals surface area contributed by atoms with Gasteiger partial charge in [0.2, 0.25) is 0 Å². The quantitative estimate of drug-likeness (QED) is 0.260. The first kappa shape index (κ1) is 23.0. The van der Waals surface area contributed by atoms with Crippen LogP contribution in [0.5, 0.6) is 5.75 Å². The lowest BCUT2D eigenvalue weighted by Crippen LogP contribution is -2.37. The predicted octanol–water partition coefficient (Wildman–Crippen LogP) is 3.18. The van der Waals surface area contributed by atoms with Gasteiger partial charge in [-0.1, -0.05) is 23.8 Å². The molecule has 156 valence electrons. The number of rotatable bonds is 7. The summed E-state index contributed by atoms with van der Waals surface area (Å²) in [6.07, 6.45) is 5.33. The van der Waals surface area contributed by atoms with E-state index in [1.54, 1.807) is 7.05 Å². The second kappa shape index (κ2) is 12.3. The average molecular weight is 501 g/mol. The van der Waals surface area contributed by atoms with Crippen molar-refractivity contribution in [3.05, 3.63) is 41.0 Å². The van der Waals surface area contributed by atoms with E-state index in [2.05, 4.69) is 46.8 Å². The Morgan fingerprint density at radius 1 is 1.25 bits per heavy atom. The number of aryl methyl sites for hydroxylation is 1. The molecule has 2 N–H and O–H groups in total. The summed E-state index contributed by atoms with van der Waals surface area (Å²) in [6, 6.07) is 6.33. The van der Waals surface area contributed by atoms with Gasteiger partial charge in [0.25, 0.3) is 0 Å². The summed E-state index contributed by atoms with van der Waals surface area (Å²) < 4.78 is 16.9. The standard InChI is InChI=1S/C21H31N3O3.HI/c1-16-3-4-18(20(13-16)27-19-8-12-26-15-19)14-24-21(22-2)23-9-5-17-6-10-25-11-7-17;/h3-4,6,13,19H,5,7-12,14-15H2,1-2H3,(H2,22,23,24);1H. The molecule has 1 fully saturated rings. The van der Waals surface area contributed by atoms with Gasteiger partial charge < -0.3 is 24.8 Å². The number of halogens is 1. The van der Waals surface area contributed by atoms with Gasteiger partial charge in [0.1, 0.15) is 11.9 Å². The third kappa shape index (κ3) is 7.25. The van der Waals surface area contributed by atoms with Gasteiger partial charge in [0, 0.05) is 32.1 Å². The Morgan fingerprint density at radius 3 is 2.86 bits per heavy atom. The van der Waals surface area contributed by atoms with Gasteiger partial charge in [-0.2, -0.15) is 0 Å². The van der Waals surface area contributed by atoms with Gasteiger partial charge in [-0.05, 0) is 31.4 Å². The van der Waals surface area contributed by atoms with Crippen LogP contribution in [0.4, 0.5) is 0 Å². The van der Waals surface area contributed by atoms with E-state index in [1.165, 1.54) is 11.1 Å². The van der Waals surface area contributed by atoms with Crippen LogP contribution in [0.2, 0.25) is 0 Å². The zero-order valence-corrected chi connectivity index (χ0v) is 19.2. The topological polar surface area (TPSA) is 64.1 Å². The fourth-order valence-electron chi connectivity index (χ4n) is 3.24. The summed E-state index contributed by atoms with van der Waals surface area (Å²) in [7, 11) is 1.80. The Hall–Kier alpha value is -1.32. The molecule has 2 aliphatic rings.